The summed E-state index contributed by atoms with van der Waals surface area (Å²) in [5.41, 5.74) is 6.87. The topological polar surface area (TPSA) is 38.0 Å². The number of hydrogen-bond acceptors (Lipinski definition) is 2. The van der Waals surface area contributed by atoms with Crippen molar-refractivity contribution in [1.29, 1.82) is 0 Å². The minimum atomic E-state index is 0.327. The SMILES string of the molecule is CCC(CC)(CN)CNCC1(CC)CCCC1. The fourth-order valence-electron chi connectivity index (χ4n) is 3.23. The van der Waals surface area contributed by atoms with Gasteiger partial charge in [-0.2, -0.15) is 0 Å². The highest BCUT2D eigenvalue weighted by Crippen LogP contribution is 2.40. The Morgan fingerprint density at radius 3 is 2.12 bits per heavy atom. The summed E-state index contributed by atoms with van der Waals surface area (Å²) in [7, 11) is 0. The molecule has 0 aromatic carbocycles. The molecule has 0 aromatic heterocycles. The van der Waals surface area contributed by atoms with Crippen LogP contribution in [-0.4, -0.2) is 19.6 Å². The molecule has 0 amide bonds. The van der Waals surface area contributed by atoms with E-state index in [0.717, 1.165) is 13.1 Å². The van der Waals surface area contributed by atoms with Crippen LogP contribution in [0.5, 0.6) is 0 Å². The predicted molar refractivity (Wildman–Crippen MR) is 76.1 cm³/mol. The van der Waals surface area contributed by atoms with Gasteiger partial charge in [-0.3, -0.25) is 0 Å². The fourth-order valence-corrected chi connectivity index (χ4v) is 3.23. The van der Waals surface area contributed by atoms with Gasteiger partial charge in [-0.25, -0.2) is 0 Å². The largest absolute Gasteiger partial charge is 0.330 e. The number of nitrogens with two attached hydrogens (primary N) is 1. The molecule has 0 unspecified atom stereocenters. The first-order chi connectivity index (χ1) is 8.16. The molecule has 1 rings (SSSR count). The molecule has 0 spiro atoms. The van der Waals surface area contributed by atoms with Crippen LogP contribution in [0, 0.1) is 10.8 Å². The van der Waals surface area contributed by atoms with Crippen LogP contribution in [0.3, 0.4) is 0 Å². The highest BCUT2D eigenvalue weighted by Gasteiger charge is 2.32. The average molecular weight is 240 g/mol. The van der Waals surface area contributed by atoms with Gasteiger partial charge in [0.2, 0.25) is 0 Å². The maximum absolute atomic E-state index is 5.95. The van der Waals surface area contributed by atoms with E-state index >= 15 is 0 Å². The normalized spacial score (nSPS) is 19.8. The van der Waals surface area contributed by atoms with Gasteiger partial charge in [-0.05, 0) is 49.5 Å². The monoisotopic (exact) mass is 240 g/mol. The van der Waals surface area contributed by atoms with E-state index in [4.69, 9.17) is 5.73 Å². The lowest BCUT2D eigenvalue weighted by atomic mass is 9.80. The molecule has 0 radical (unpaired) electrons. The van der Waals surface area contributed by atoms with E-state index < -0.39 is 0 Å². The van der Waals surface area contributed by atoms with E-state index in [0.29, 0.717) is 10.8 Å². The van der Waals surface area contributed by atoms with Crippen LogP contribution in [0.25, 0.3) is 0 Å². The van der Waals surface area contributed by atoms with Crippen molar-refractivity contribution < 1.29 is 0 Å². The number of hydrogen-bond donors (Lipinski definition) is 2. The Labute approximate surface area is 108 Å². The summed E-state index contributed by atoms with van der Waals surface area (Å²) in [6, 6.07) is 0. The smallest absolute Gasteiger partial charge is 0.00199 e. The van der Waals surface area contributed by atoms with Crippen molar-refractivity contribution in [2.45, 2.75) is 65.7 Å². The summed E-state index contributed by atoms with van der Waals surface area (Å²) in [4.78, 5) is 0. The third-order valence-electron chi connectivity index (χ3n) is 5.35. The predicted octanol–water partition coefficient (Wildman–Crippen LogP) is 3.31. The molecule has 1 fully saturated rings. The van der Waals surface area contributed by atoms with Gasteiger partial charge in [0.05, 0.1) is 0 Å². The molecule has 0 aliphatic heterocycles. The Kier molecular flexibility index (Phi) is 5.94. The third-order valence-corrected chi connectivity index (χ3v) is 5.35. The van der Waals surface area contributed by atoms with Gasteiger partial charge in [0.25, 0.3) is 0 Å². The Hall–Kier alpha value is -0.0800. The minimum Gasteiger partial charge on any atom is -0.330 e. The number of nitrogens with one attached hydrogen (secondary N) is 1. The van der Waals surface area contributed by atoms with Crippen LogP contribution >= 0.6 is 0 Å². The van der Waals surface area contributed by atoms with Crippen LogP contribution < -0.4 is 11.1 Å². The minimum absolute atomic E-state index is 0.327. The van der Waals surface area contributed by atoms with Crippen LogP contribution in [0.4, 0.5) is 0 Å². The molecular formula is C15H32N2. The standard InChI is InChI=1S/C15H32N2/c1-4-14(5-2,11-16)12-17-13-15(6-3)9-7-8-10-15/h17H,4-13,16H2,1-3H3. The van der Waals surface area contributed by atoms with Crippen LogP contribution in [0.1, 0.15) is 65.7 Å². The van der Waals surface area contributed by atoms with E-state index in [-0.39, 0.29) is 0 Å². The van der Waals surface area contributed by atoms with Crippen LogP contribution in [0.2, 0.25) is 0 Å². The van der Waals surface area contributed by atoms with Crippen molar-refractivity contribution in [3.63, 3.8) is 0 Å². The Bertz CT molecular complexity index is 186. The summed E-state index contributed by atoms with van der Waals surface area (Å²) >= 11 is 0. The molecule has 0 aromatic rings. The van der Waals surface area contributed by atoms with Crippen molar-refractivity contribution >= 4 is 0 Å². The Morgan fingerprint density at radius 2 is 1.71 bits per heavy atom. The zero-order chi connectivity index (χ0) is 12.8. The molecule has 0 heterocycles. The quantitative estimate of drug-likeness (QED) is 0.683. The molecule has 102 valence electrons. The van der Waals surface area contributed by atoms with Gasteiger partial charge in [-0.15, -0.1) is 0 Å². The highest BCUT2D eigenvalue weighted by molar-refractivity contribution is 4.87. The van der Waals surface area contributed by atoms with Crippen molar-refractivity contribution in [3.8, 4) is 0 Å². The average Bonchev–Trinajstić information content (AvgIpc) is 2.85. The lowest BCUT2D eigenvalue weighted by Gasteiger charge is -2.34. The van der Waals surface area contributed by atoms with Crippen molar-refractivity contribution in [3.05, 3.63) is 0 Å². The van der Waals surface area contributed by atoms with Gasteiger partial charge in [0.1, 0.15) is 0 Å². The zero-order valence-corrected chi connectivity index (χ0v) is 12.1. The molecule has 1 saturated carbocycles. The van der Waals surface area contributed by atoms with Crippen molar-refractivity contribution in [2.24, 2.45) is 16.6 Å². The molecule has 3 N–H and O–H groups in total. The van der Waals surface area contributed by atoms with Gasteiger partial charge in [-0.1, -0.05) is 33.6 Å². The summed E-state index contributed by atoms with van der Waals surface area (Å²) < 4.78 is 0. The molecule has 1 aliphatic rings. The number of rotatable bonds is 8. The van der Waals surface area contributed by atoms with Crippen LogP contribution in [0.15, 0.2) is 0 Å². The van der Waals surface area contributed by atoms with E-state index in [1.54, 1.807) is 0 Å². The molecule has 2 heteroatoms. The van der Waals surface area contributed by atoms with E-state index in [2.05, 4.69) is 26.1 Å². The first-order valence-corrected chi connectivity index (χ1v) is 7.57. The molecule has 17 heavy (non-hydrogen) atoms. The summed E-state index contributed by atoms with van der Waals surface area (Å²) in [5, 5.41) is 3.73. The molecular weight excluding hydrogens is 208 g/mol. The highest BCUT2D eigenvalue weighted by atomic mass is 14.9. The van der Waals surface area contributed by atoms with E-state index in [9.17, 15) is 0 Å². The first-order valence-electron chi connectivity index (χ1n) is 7.57. The second-order valence-electron chi connectivity index (χ2n) is 6.08. The Morgan fingerprint density at radius 1 is 1.12 bits per heavy atom. The molecule has 0 saturated heterocycles. The summed E-state index contributed by atoms with van der Waals surface area (Å²) in [6.45, 7) is 9.99. The van der Waals surface area contributed by atoms with Gasteiger partial charge < -0.3 is 11.1 Å². The molecule has 2 nitrogen and oxygen atoms in total. The lowest BCUT2D eigenvalue weighted by molar-refractivity contribution is 0.216. The van der Waals surface area contributed by atoms with Gasteiger partial charge in [0, 0.05) is 13.1 Å². The van der Waals surface area contributed by atoms with Gasteiger partial charge in [0.15, 0.2) is 0 Å². The Balaban J connectivity index is 2.39. The lowest BCUT2D eigenvalue weighted by Crippen LogP contribution is -2.43. The van der Waals surface area contributed by atoms with Crippen molar-refractivity contribution in [1.82, 2.24) is 5.32 Å². The van der Waals surface area contributed by atoms with Gasteiger partial charge >= 0.3 is 0 Å². The molecule has 0 bridgehead atoms. The molecule has 1 aliphatic carbocycles. The maximum Gasteiger partial charge on any atom is 0.00199 e. The maximum atomic E-state index is 5.95. The fraction of sp³-hybridized carbons (Fsp3) is 1.00. The summed E-state index contributed by atoms with van der Waals surface area (Å²) in [6.07, 6.45) is 9.40. The second-order valence-corrected chi connectivity index (χ2v) is 6.08. The van der Waals surface area contributed by atoms with E-state index in [1.807, 2.05) is 0 Å². The van der Waals surface area contributed by atoms with Crippen molar-refractivity contribution in [2.75, 3.05) is 19.6 Å². The zero-order valence-electron chi connectivity index (χ0n) is 12.1. The summed E-state index contributed by atoms with van der Waals surface area (Å²) in [5.74, 6) is 0. The van der Waals surface area contributed by atoms with E-state index in [1.165, 1.54) is 51.5 Å². The third kappa shape index (κ3) is 3.69. The second kappa shape index (κ2) is 6.75. The molecule has 0 atom stereocenters. The first kappa shape index (κ1) is 15.0. The van der Waals surface area contributed by atoms with Crippen LogP contribution in [-0.2, 0) is 0 Å².